The molecule has 0 spiro atoms. The monoisotopic (exact) mass is 234 g/mol. The lowest BCUT2D eigenvalue weighted by atomic mass is 9.98. The minimum atomic E-state index is 0.285. The molecule has 2 nitrogen and oxygen atoms in total. The van der Waals surface area contributed by atoms with Crippen molar-refractivity contribution >= 4 is 11.6 Å². The fourth-order valence-electron chi connectivity index (χ4n) is 1.69. The number of hydrogen-bond donors (Lipinski definition) is 0. The van der Waals surface area contributed by atoms with Gasteiger partial charge in [0.15, 0.2) is 0 Å². The van der Waals surface area contributed by atoms with Gasteiger partial charge in [-0.15, -0.1) is 11.6 Å². The molecule has 1 aliphatic heterocycles. The van der Waals surface area contributed by atoms with E-state index in [-0.39, 0.29) is 5.38 Å². The van der Waals surface area contributed by atoms with Crippen molar-refractivity contribution in [2.75, 3.05) is 26.4 Å². The smallest absolute Gasteiger partial charge is 0.0509 e. The Morgan fingerprint density at radius 3 is 2.87 bits per heavy atom. The molecule has 15 heavy (non-hydrogen) atoms. The van der Waals surface area contributed by atoms with Crippen molar-refractivity contribution in [1.29, 1.82) is 0 Å². The van der Waals surface area contributed by atoms with Gasteiger partial charge in [-0.3, -0.25) is 0 Å². The fraction of sp³-hybridized carbons (Fsp3) is 1.00. The van der Waals surface area contributed by atoms with Crippen molar-refractivity contribution in [3.05, 3.63) is 0 Å². The average Bonchev–Trinajstić information content (AvgIpc) is 2.20. The standard InChI is InChI=1S/C12H23ClO2/c1-10(2)3-6-14-7-4-11-9-15-8-5-12(11)13/h10-12H,3-9H2,1-2H3. The van der Waals surface area contributed by atoms with E-state index in [1.54, 1.807) is 0 Å². The molecule has 1 rings (SSSR count). The molecule has 2 atom stereocenters. The van der Waals surface area contributed by atoms with Gasteiger partial charge in [-0.05, 0) is 25.2 Å². The number of ether oxygens (including phenoxy) is 2. The molecule has 90 valence electrons. The molecule has 0 saturated carbocycles. The molecule has 2 unspecified atom stereocenters. The quantitative estimate of drug-likeness (QED) is 0.520. The van der Waals surface area contributed by atoms with Crippen molar-refractivity contribution in [3.63, 3.8) is 0 Å². The molecule has 0 aromatic heterocycles. The molecule has 3 heteroatoms. The molecule has 0 aromatic rings. The maximum atomic E-state index is 6.21. The first-order valence-electron chi connectivity index (χ1n) is 5.99. The SMILES string of the molecule is CC(C)CCOCCC1COCCC1Cl. The van der Waals surface area contributed by atoms with Gasteiger partial charge < -0.3 is 9.47 Å². The van der Waals surface area contributed by atoms with Crippen LogP contribution in [0.5, 0.6) is 0 Å². The Labute approximate surface area is 98.3 Å². The van der Waals surface area contributed by atoms with Crippen LogP contribution in [0.1, 0.15) is 33.1 Å². The van der Waals surface area contributed by atoms with Gasteiger partial charge >= 0.3 is 0 Å². The zero-order chi connectivity index (χ0) is 11.1. The lowest BCUT2D eigenvalue weighted by Gasteiger charge is -2.27. The Hall–Kier alpha value is 0.210. The highest BCUT2D eigenvalue weighted by atomic mass is 35.5. The molecule has 0 aromatic carbocycles. The van der Waals surface area contributed by atoms with E-state index in [0.29, 0.717) is 5.92 Å². The van der Waals surface area contributed by atoms with Crippen LogP contribution in [0.2, 0.25) is 0 Å². The van der Waals surface area contributed by atoms with Gasteiger partial charge in [0.1, 0.15) is 0 Å². The minimum absolute atomic E-state index is 0.285. The summed E-state index contributed by atoms with van der Waals surface area (Å²) in [5, 5.41) is 0.285. The Morgan fingerprint density at radius 1 is 1.40 bits per heavy atom. The number of alkyl halides is 1. The summed E-state index contributed by atoms with van der Waals surface area (Å²) in [4.78, 5) is 0. The van der Waals surface area contributed by atoms with Crippen molar-refractivity contribution in [3.8, 4) is 0 Å². The van der Waals surface area contributed by atoms with Crippen LogP contribution in [-0.2, 0) is 9.47 Å². The summed E-state index contributed by atoms with van der Waals surface area (Å²) in [6, 6.07) is 0. The molecule has 1 fully saturated rings. The summed E-state index contributed by atoms with van der Waals surface area (Å²) < 4.78 is 11.0. The zero-order valence-corrected chi connectivity index (χ0v) is 10.6. The Balaban J connectivity index is 1.99. The molecule has 1 aliphatic rings. The molecular weight excluding hydrogens is 212 g/mol. The molecule has 0 N–H and O–H groups in total. The summed E-state index contributed by atoms with van der Waals surface area (Å²) in [5.41, 5.74) is 0. The first kappa shape index (κ1) is 13.3. The predicted molar refractivity (Wildman–Crippen MR) is 63.5 cm³/mol. The van der Waals surface area contributed by atoms with E-state index in [9.17, 15) is 0 Å². The van der Waals surface area contributed by atoms with E-state index in [0.717, 1.165) is 51.6 Å². The van der Waals surface area contributed by atoms with Crippen LogP contribution >= 0.6 is 11.6 Å². The van der Waals surface area contributed by atoms with Gasteiger partial charge in [0, 0.05) is 31.1 Å². The summed E-state index contributed by atoms with van der Waals surface area (Å²) in [6.45, 7) is 7.75. The highest BCUT2D eigenvalue weighted by molar-refractivity contribution is 6.20. The number of halogens is 1. The number of hydrogen-bond acceptors (Lipinski definition) is 2. The third-order valence-corrected chi connectivity index (χ3v) is 3.43. The molecule has 0 amide bonds. The van der Waals surface area contributed by atoms with E-state index in [1.165, 1.54) is 0 Å². The summed E-state index contributed by atoms with van der Waals surface area (Å²) in [6.07, 6.45) is 3.16. The largest absolute Gasteiger partial charge is 0.381 e. The lowest BCUT2D eigenvalue weighted by molar-refractivity contribution is 0.0353. The first-order chi connectivity index (χ1) is 7.20. The zero-order valence-electron chi connectivity index (χ0n) is 9.88. The Bertz CT molecular complexity index is 162. The van der Waals surface area contributed by atoms with Gasteiger partial charge in [-0.25, -0.2) is 0 Å². The normalized spacial score (nSPS) is 27.2. The lowest BCUT2D eigenvalue weighted by Crippen LogP contribution is -2.29. The summed E-state index contributed by atoms with van der Waals surface area (Å²) in [7, 11) is 0. The van der Waals surface area contributed by atoms with Crippen molar-refractivity contribution in [2.24, 2.45) is 11.8 Å². The van der Waals surface area contributed by atoms with E-state index >= 15 is 0 Å². The summed E-state index contributed by atoms with van der Waals surface area (Å²) in [5.74, 6) is 1.21. The van der Waals surface area contributed by atoms with Gasteiger partial charge in [-0.1, -0.05) is 13.8 Å². The second-order valence-corrected chi connectivity index (χ2v) is 5.28. The molecule has 0 aliphatic carbocycles. The molecule has 1 saturated heterocycles. The van der Waals surface area contributed by atoms with Gasteiger partial charge in [0.25, 0.3) is 0 Å². The van der Waals surface area contributed by atoms with Crippen LogP contribution in [0.25, 0.3) is 0 Å². The van der Waals surface area contributed by atoms with E-state index in [1.807, 2.05) is 0 Å². The van der Waals surface area contributed by atoms with Crippen molar-refractivity contribution in [2.45, 2.75) is 38.5 Å². The molecule has 0 radical (unpaired) electrons. The maximum Gasteiger partial charge on any atom is 0.0509 e. The van der Waals surface area contributed by atoms with Gasteiger partial charge in [0.05, 0.1) is 6.61 Å². The molecule has 1 heterocycles. The van der Waals surface area contributed by atoms with Crippen molar-refractivity contribution < 1.29 is 9.47 Å². The average molecular weight is 235 g/mol. The van der Waals surface area contributed by atoms with E-state index in [2.05, 4.69) is 13.8 Å². The van der Waals surface area contributed by atoms with Crippen LogP contribution in [0, 0.1) is 11.8 Å². The topological polar surface area (TPSA) is 18.5 Å². The van der Waals surface area contributed by atoms with E-state index in [4.69, 9.17) is 21.1 Å². The van der Waals surface area contributed by atoms with Crippen LogP contribution in [0.15, 0.2) is 0 Å². The summed E-state index contributed by atoms with van der Waals surface area (Å²) >= 11 is 6.21. The second-order valence-electron chi connectivity index (χ2n) is 4.72. The second kappa shape index (κ2) is 7.48. The van der Waals surface area contributed by atoms with E-state index < -0.39 is 0 Å². The predicted octanol–water partition coefficient (Wildman–Crippen LogP) is 3.08. The maximum absolute atomic E-state index is 6.21. The van der Waals surface area contributed by atoms with Gasteiger partial charge in [-0.2, -0.15) is 0 Å². The minimum Gasteiger partial charge on any atom is -0.381 e. The van der Waals surface area contributed by atoms with Crippen LogP contribution in [-0.4, -0.2) is 31.8 Å². The third-order valence-electron chi connectivity index (χ3n) is 2.85. The Kier molecular flexibility index (Phi) is 6.62. The van der Waals surface area contributed by atoms with Crippen LogP contribution < -0.4 is 0 Å². The highest BCUT2D eigenvalue weighted by Crippen LogP contribution is 2.23. The fourth-order valence-corrected chi connectivity index (χ4v) is 1.98. The van der Waals surface area contributed by atoms with Crippen LogP contribution in [0.4, 0.5) is 0 Å². The highest BCUT2D eigenvalue weighted by Gasteiger charge is 2.23. The number of rotatable bonds is 6. The molecular formula is C12H23ClO2. The first-order valence-corrected chi connectivity index (χ1v) is 6.43. The Morgan fingerprint density at radius 2 is 2.20 bits per heavy atom. The molecule has 0 bridgehead atoms. The van der Waals surface area contributed by atoms with Gasteiger partial charge in [0.2, 0.25) is 0 Å². The third kappa shape index (κ3) is 5.74. The van der Waals surface area contributed by atoms with Crippen molar-refractivity contribution in [1.82, 2.24) is 0 Å². The van der Waals surface area contributed by atoms with Crippen LogP contribution in [0.3, 0.4) is 0 Å².